The topological polar surface area (TPSA) is 22.1 Å². The summed E-state index contributed by atoms with van der Waals surface area (Å²) in [6.07, 6.45) is 1.71. The predicted molar refractivity (Wildman–Crippen MR) is 82.5 cm³/mol. The zero-order valence-corrected chi connectivity index (χ0v) is 12.0. The second-order valence-corrected chi connectivity index (χ2v) is 5.23. The molecule has 2 nitrogen and oxygen atoms in total. The first-order valence-electron chi connectivity index (χ1n) is 6.14. The van der Waals surface area contributed by atoms with Crippen LogP contribution in [0.3, 0.4) is 0 Å². The van der Waals surface area contributed by atoms with E-state index in [-0.39, 0.29) is 0 Å². The first-order chi connectivity index (χ1) is 9.72. The van der Waals surface area contributed by atoms with Crippen molar-refractivity contribution < 1.29 is 4.74 Å². The van der Waals surface area contributed by atoms with Crippen LogP contribution in [-0.2, 0) is 6.61 Å². The van der Waals surface area contributed by atoms with Gasteiger partial charge in [0.05, 0.1) is 11.7 Å². The number of benzene rings is 2. The van der Waals surface area contributed by atoms with E-state index >= 15 is 0 Å². The van der Waals surface area contributed by atoms with Crippen LogP contribution in [0.1, 0.15) is 5.56 Å². The molecule has 3 aromatic rings. The number of rotatable bonds is 3. The highest BCUT2D eigenvalue weighted by Gasteiger charge is 2.04. The Labute approximate surface area is 126 Å². The van der Waals surface area contributed by atoms with Gasteiger partial charge in [-0.25, -0.2) is 0 Å². The molecule has 0 bridgehead atoms. The Kier molecular flexibility index (Phi) is 3.77. The van der Waals surface area contributed by atoms with E-state index in [1.54, 1.807) is 24.4 Å². The molecule has 100 valence electrons. The monoisotopic (exact) mass is 303 g/mol. The summed E-state index contributed by atoms with van der Waals surface area (Å²) in [7, 11) is 0. The number of ether oxygens (including phenoxy) is 1. The summed E-state index contributed by atoms with van der Waals surface area (Å²) in [5.74, 6) is 0.708. The van der Waals surface area contributed by atoms with E-state index in [2.05, 4.69) is 4.98 Å². The molecule has 0 saturated heterocycles. The second-order valence-electron chi connectivity index (χ2n) is 4.39. The molecule has 0 fully saturated rings. The van der Waals surface area contributed by atoms with Crippen molar-refractivity contribution in [1.82, 2.24) is 4.98 Å². The molecule has 0 unspecified atom stereocenters. The number of halogens is 2. The van der Waals surface area contributed by atoms with Crippen LogP contribution in [0.15, 0.2) is 54.7 Å². The fourth-order valence-corrected chi connectivity index (χ4v) is 2.31. The third kappa shape index (κ3) is 2.87. The fourth-order valence-electron chi connectivity index (χ4n) is 1.94. The largest absolute Gasteiger partial charge is 0.487 e. The highest BCUT2D eigenvalue weighted by Crippen LogP contribution is 2.23. The highest BCUT2D eigenvalue weighted by atomic mass is 35.5. The van der Waals surface area contributed by atoms with E-state index in [0.29, 0.717) is 22.4 Å². The van der Waals surface area contributed by atoms with Crippen molar-refractivity contribution >= 4 is 34.1 Å². The molecule has 0 N–H and O–H groups in total. The number of fused-ring (bicyclic) bond motifs is 1. The molecular weight excluding hydrogens is 293 g/mol. The zero-order valence-electron chi connectivity index (χ0n) is 10.5. The van der Waals surface area contributed by atoms with Gasteiger partial charge in [0.1, 0.15) is 12.4 Å². The smallest absolute Gasteiger partial charge is 0.138 e. The zero-order chi connectivity index (χ0) is 13.9. The molecule has 20 heavy (non-hydrogen) atoms. The summed E-state index contributed by atoms with van der Waals surface area (Å²) in [6, 6.07) is 15.2. The van der Waals surface area contributed by atoms with E-state index in [4.69, 9.17) is 27.9 Å². The van der Waals surface area contributed by atoms with Gasteiger partial charge in [0.15, 0.2) is 0 Å². The molecule has 0 saturated carbocycles. The van der Waals surface area contributed by atoms with Gasteiger partial charge in [0, 0.05) is 21.0 Å². The van der Waals surface area contributed by atoms with E-state index in [0.717, 1.165) is 16.5 Å². The lowest BCUT2D eigenvalue weighted by atomic mass is 10.2. The molecule has 1 heterocycles. The normalized spacial score (nSPS) is 10.7. The average molecular weight is 304 g/mol. The van der Waals surface area contributed by atoms with Crippen molar-refractivity contribution in [3.8, 4) is 5.75 Å². The van der Waals surface area contributed by atoms with Gasteiger partial charge >= 0.3 is 0 Å². The van der Waals surface area contributed by atoms with Crippen molar-refractivity contribution in [2.24, 2.45) is 0 Å². The van der Waals surface area contributed by atoms with Gasteiger partial charge in [0.2, 0.25) is 0 Å². The molecule has 3 rings (SSSR count). The van der Waals surface area contributed by atoms with Crippen molar-refractivity contribution in [3.63, 3.8) is 0 Å². The number of hydrogen-bond acceptors (Lipinski definition) is 2. The predicted octanol–water partition coefficient (Wildman–Crippen LogP) is 5.12. The lowest BCUT2D eigenvalue weighted by molar-refractivity contribution is 0.305. The van der Waals surface area contributed by atoms with Gasteiger partial charge in [-0.15, -0.1) is 0 Å². The van der Waals surface area contributed by atoms with Crippen LogP contribution in [0.25, 0.3) is 10.9 Å². The first-order valence-corrected chi connectivity index (χ1v) is 6.89. The lowest BCUT2D eigenvalue weighted by Gasteiger charge is -2.08. The number of hydrogen-bond donors (Lipinski definition) is 0. The van der Waals surface area contributed by atoms with Gasteiger partial charge in [-0.3, -0.25) is 4.98 Å². The lowest BCUT2D eigenvalue weighted by Crippen LogP contribution is -1.97. The molecule has 0 aliphatic rings. The van der Waals surface area contributed by atoms with Gasteiger partial charge < -0.3 is 4.74 Å². The van der Waals surface area contributed by atoms with Crippen LogP contribution in [0, 0.1) is 0 Å². The van der Waals surface area contributed by atoms with Crippen LogP contribution < -0.4 is 4.74 Å². The van der Waals surface area contributed by atoms with Crippen molar-refractivity contribution in [2.45, 2.75) is 6.61 Å². The second kappa shape index (κ2) is 5.70. The van der Waals surface area contributed by atoms with Crippen LogP contribution in [0.2, 0.25) is 10.0 Å². The molecule has 2 aromatic carbocycles. The van der Waals surface area contributed by atoms with Gasteiger partial charge in [0.25, 0.3) is 0 Å². The number of aromatic nitrogens is 1. The van der Waals surface area contributed by atoms with E-state index in [1.165, 1.54) is 0 Å². The minimum atomic E-state index is 0.361. The fraction of sp³-hybridized carbons (Fsp3) is 0.0625. The summed E-state index contributed by atoms with van der Waals surface area (Å²) in [5.41, 5.74) is 1.80. The minimum absolute atomic E-state index is 0.361. The molecule has 0 radical (unpaired) electrons. The van der Waals surface area contributed by atoms with Gasteiger partial charge in [-0.2, -0.15) is 0 Å². The van der Waals surface area contributed by atoms with Gasteiger partial charge in [-0.1, -0.05) is 41.4 Å². The minimum Gasteiger partial charge on any atom is -0.487 e. The average Bonchev–Trinajstić information content (AvgIpc) is 2.48. The van der Waals surface area contributed by atoms with Crippen LogP contribution in [-0.4, -0.2) is 4.98 Å². The molecule has 0 spiro atoms. The standard InChI is InChI=1S/C16H11Cl2NO/c17-13-5-6-15(18)12(7-13)10-20-14-8-11-3-1-2-4-16(11)19-9-14/h1-9H,10H2. The van der Waals surface area contributed by atoms with Crippen LogP contribution >= 0.6 is 23.2 Å². The first kappa shape index (κ1) is 13.2. The van der Waals surface area contributed by atoms with Gasteiger partial charge in [-0.05, 0) is 30.3 Å². The van der Waals surface area contributed by atoms with E-state index < -0.39 is 0 Å². The molecule has 0 atom stereocenters. The maximum absolute atomic E-state index is 6.10. The Bertz CT molecular complexity index is 758. The molecule has 4 heteroatoms. The summed E-state index contributed by atoms with van der Waals surface area (Å²) in [4.78, 5) is 4.35. The summed E-state index contributed by atoms with van der Waals surface area (Å²) in [6.45, 7) is 0.361. The Morgan fingerprint density at radius 2 is 1.85 bits per heavy atom. The summed E-state index contributed by atoms with van der Waals surface area (Å²) >= 11 is 12.1. The quantitative estimate of drug-likeness (QED) is 0.670. The molecule has 0 amide bonds. The highest BCUT2D eigenvalue weighted by molar-refractivity contribution is 6.33. The SMILES string of the molecule is Clc1ccc(Cl)c(COc2cnc3ccccc3c2)c1. The Balaban J connectivity index is 1.81. The Hall–Kier alpha value is -1.77. The molecular formula is C16H11Cl2NO. The van der Waals surface area contributed by atoms with Crippen molar-refractivity contribution in [3.05, 3.63) is 70.3 Å². The molecule has 0 aliphatic heterocycles. The Morgan fingerprint density at radius 1 is 1.00 bits per heavy atom. The summed E-state index contributed by atoms with van der Waals surface area (Å²) in [5, 5.41) is 2.33. The maximum Gasteiger partial charge on any atom is 0.138 e. The van der Waals surface area contributed by atoms with E-state index in [1.807, 2.05) is 30.3 Å². The van der Waals surface area contributed by atoms with E-state index in [9.17, 15) is 0 Å². The van der Waals surface area contributed by atoms with Crippen molar-refractivity contribution in [1.29, 1.82) is 0 Å². The Morgan fingerprint density at radius 3 is 2.75 bits per heavy atom. The molecule has 1 aromatic heterocycles. The summed E-state index contributed by atoms with van der Waals surface area (Å²) < 4.78 is 5.73. The number of pyridine rings is 1. The third-order valence-corrected chi connectivity index (χ3v) is 3.57. The number of para-hydroxylation sites is 1. The maximum atomic E-state index is 6.10. The third-order valence-electron chi connectivity index (χ3n) is 2.97. The van der Waals surface area contributed by atoms with Crippen molar-refractivity contribution in [2.75, 3.05) is 0 Å². The van der Waals surface area contributed by atoms with Crippen LogP contribution in [0.4, 0.5) is 0 Å². The number of nitrogens with zero attached hydrogens (tertiary/aromatic N) is 1. The van der Waals surface area contributed by atoms with Crippen LogP contribution in [0.5, 0.6) is 5.75 Å². The molecule has 0 aliphatic carbocycles.